The molecule has 1 aliphatic rings. The molecule has 0 spiro atoms. The molecule has 0 saturated carbocycles. The molecule has 0 unspecified atom stereocenters. The highest BCUT2D eigenvalue weighted by atomic mass is 35.5. The Morgan fingerprint density at radius 3 is 3.00 bits per heavy atom. The summed E-state index contributed by atoms with van der Waals surface area (Å²) in [6.45, 7) is 0. The molecule has 0 bridgehead atoms. The van der Waals surface area contributed by atoms with Gasteiger partial charge in [0.1, 0.15) is 15.8 Å². The zero-order valence-electron chi connectivity index (χ0n) is 9.57. The number of hydrogen-bond acceptors (Lipinski definition) is 4. The zero-order chi connectivity index (χ0) is 12.7. The van der Waals surface area contributed by atoms with Crippen molar-refractivity contribution in [2.45, 2.75) is 32.1 Å². The molecule has 0 amide bonds. The lowest BCUT2D eigenvalue weighted by molar-refractivity contribution is -0.137. The van der Waals surface area contributed by atoms with Gasteiger partial charge in [0.05, 0.1) is 11.8 Å². The number of rotatable bonds is 3. The van der Waals surface area contributed by atoms with Crippen LogP contribution in [0.1, 0.15) is 29.1 Å². The first kappa shape index (κ1) is 11.9. The second-order valence-electron chi connectivity index (χ2n) is 4.36. The normalized spacial score (nSPS) is 14.1. The molecule has 6 heteroatoms. The molecule has 3 rings (SSSR count). The van der Waals surface area contributed by atoms with E-state index >= 15 is 0 Å². The monoisotopic (exact) mass is 282 g/mol. The Hall–Kier alpha value is -1.20. The number of halogens is 1. The number of carboxylic acids is 1. The van der Waals surface area contributed by atoms with Crippen LogP contribution < -0.4 is 0 Å². The van der Waals surface area contributed by atoms with Gasteiger partial charge in [-0.15, -0.1) is 11.3 Å². The van der Waals surface area contributed by atoms with E-state index in [1.165, 1.54) is 16.9 Å². The van der Waals surface area contributed by atoms with E-state index in [4.69, 9.17) is 16.7 Å². The summed E-state index contributed by atoms with van der Waals surface area (Å²) >= 11 is 7.88. The van der Waals surface area contributed by atoms with Crippen molar-refractivity contribution in [1.29, 1.82) is 0 Å². The summed E-state index contributed by atoms with van der Waals surface area (Å²) in [5.41, 5.74) is 1.30. The van der Waals surface area contributed by atoms with Crippen molar-refractivity contribution in [3.63, 3.8) is 0 Å². The summed E-state index contributed by atoms with van der Waals surface area (Å²) in [5.74, 6) is -0.321. The number of carboxylic acid groups (broad SMARTS) is 1. The number of nitrogens with zero attached hydrogens (tertiary/aromatic N) is 2. The summed E-state index contributed by atoms with van der Waals surface area (Å²) in [5, 5.41) is 10.1. The highest BCUT2D eigenvalue weighted by molar-refractivity contribution is 7.19. The van der Waals surface area contributed by atoms with Crippen molar-refractivity contribution in [3.05, 3.63) is 21.4 Å². The Labute approximate surface area is 113 Å². The molecule has 0 radical (unpaired) electrons. The molecule has 0 saturated heterocycles. The summed E-state index contributed by atoms with van der Waals surface area (Å²) in [6, 6.07) is 0. The van der Waals surface area contributed by atoms with Gasteiger partial charge in [0, 0.05) is 11.3 Å². The van der Waals surface area contributed by atoms with Gasteiger partial charge < -0.3 is 5.11 Å². The summed E-state index contributed by atoms with van der Waals surface area (Å²) in [4.78, 5) is 21.5. The maximum atomic E-state index is 10.5. The van der Waals surface area contributed by atoms with Gasteiger partial charge in [-0.25, -0.2) is 9.97 Å². The minimum absolute atomic E-state index is 0.0346. The minimum Gasteiger partial charge on any atom is -0.481 e. The smallest absolute Gasteiger partial charge is 0.303 e. The van der Waals surface area contributed by atoms with Crippen molar-refractivity contribution >= 4 is 39.1 Å². The molecule has 18 heavy (non-hydrogen) atoms. The fourth-order valence-electron chi connectivity index (χ4n) is 2.32. The maximum absolute atomic E-state index is 10.5. The van der Waals surface area contributed by atoms with Crippen molar-refractivity contribution in [3.8, 4) is 0 Å². The fraction of sp³-hybridized carbons (Fsp3) is 0.417. The number of aryl methyl sites for hydroxylation is 3. The van der Waals surface area contributed by atoms with E-state index in [1.807, 2.05) is 0 Å². The predicted octanol–water partition coefficient (Wildman–Crippen LogP) is 2.85. The second-order valence-corrected chi connectivity index (χ2v) is 5.80. The SMILES string of the molecule is O=C(O)CCc1nc(Cl)c2c3c(sc2n1)CCC3. The largest absolute Gasteiger partial charge is 0.481 e. The Morgan fingerprint density at radius 1 is 1.39 bits per heavy atom. The van der Waals surface area contributed by atoms with Crippen molar-refractivity contribution in [2.75, 3.05) is 0 Å². The molecule has 0 fully saturated rings. The lowest BCUT2D eigenvalue weighted by atomic mass is 10.2. The third-order valence-corrected chi connectivity index (χ3v) is 4.59. The van der Waals surface area contributed by atoms with Gasteiger partial charge in [-0.1, -0.05) is 11.6 Å². The quantitative estimate of drug-likeness (QED) is 0.879. The van der Waals surface area contributed by atoms with Crippen LogP contribution in [0.15, 0.2) is 0 Å². The Morgan fingerprint density at radius 2 is 2.22 bits per heavy atom. The van der Waals surface area contributed by atoms with Gasteiger partial charge in [0.25, 0.3) is 0 Å². The molecule has 4 nitrogen and oxygen atoms in total. The molecule has 94 valence electrons. The highest BCUT2D eigenvalue weighted by Crippen LogP contribution is 2.39. The Bertz CT molecular complexity index is 639. The van der Waals surface area contributed by atoms with Crippen LogP contribution in [0.3, 0.4) is 0 Å². The molecule has 1 N–H and O–H groups in total. The second kappa shape index (κ2) is 4.48. The molecule has 2 aromatic rings. The summed E-state index contributed by atoms with van der Waals surface area (Å²) in [6.07, 6.45) is 3.68. The third kappa shape index (κ3) is 1.97. The molecule has 0 aromatic carbocycles. The molecule has 0 atom stereocenters. The molecular weight excluding hydrogens is 272 g/mol. The maximum Gasteiger partial charge on any atom is 0.303 e. The molecule has 0 aliphatic heterocycles. The van der Waals surface area contributed by atoms with E-state index in [0.29, 0.717) is 17.4 Å². The number of fused-ring (bicyclic) bond motifs is 3. The standard InChI is InChI=1S/C12H11ClN2O2S/c13-11-10-6-2-1-3-7(6)18-12(10)15-8(14-11)4-5-9(16)17/h1-5H2,(H,16,17). The van der Waals surface area contributed by atoms with Gasteiger partial charge in [0.2, 0.25) is 0 Å². The number of carbonyl (C=O) groups is 1. The van der Waals surface area contributed by atoms with Crippen LogP contribution in [0, 0.1) is 0 Å². The number of aromatic nitrogens is 2. The summed E-state index contributed by atoms with van der Waals surface area (Å²) in [7, 11) is 0. The van der Waals surface area contributed by atoms with E-state index in [1.54, 1.807) is 11.3 Å². The van der Waals surface area contributed by atoms with Crippen molar-refractivity contribution < 1.29 is 9.90 Å². The van der Waals surface area contributed by atoms with Gasteiger partial charge >= 0.3 is 5.97 Å². The zero-order valence-corrected chi connectivity index (χ0v) is 11.1. The topological polar surface area (TPSA) is 63.1 Å². The van der Waals surface area contributed by atoms with E-state index in [0.717, 1.165) is 23.1 Å². The van der Waals surface area contributed by atoms with Gasteiger partial charge in [0.15, 0.2) is 0 Å². The van der Waals surface area contributed by atoms with Crippen LogP contribution in [-0.2, 0) is 24.1 Å². The summed E-state index contributed by atoms with van der Waals surface area (Å²) < 4.78 is 0. The van der Waals surface area contributed by atoms with Crippen LogP contribution in [0.5, 0.6) is 0 Å². The van der Waals surface area contributed by atoms with E-state index in [-0.39, 0.29) is 6.42 Å². The lowest BCUT2D eigenvalue weighted by Crippen LogP contribution is -2.02. The average molecular weight is 283 g/mol. The van der Waals surface area contributed by atoms with Crippen LogP contribution in [0.4, 0.5) is 0 Å². The van der Waals surface area contributed by atoms with Gasteiger partial charge in [-0.2, -0.15) is 0 Å². The van der Waals surface area contributed by atoms with Crippen LogP contribution in [0.2, 0.25) is 5.15 Å². The highest BCUT2D eigenvalue weighted by Gasteiger charge is 2.21. The lowest BCUT2D eigenvalue weighted by Gasteiger charge is -2.01. The van der Waals surface area contributed by atoms with E-state index in [9.17, 15) is 4.79 Å². The average Bonchev–Trinajstić information content (AvgIpc) is 2.85. The third-order valence-electron chi connectivity index (χ3n) is 3.13. The first-order valence-electron chi connectivity index (χ1n) is 5.83. The number of thiophene rings is 1. The fourth-order valence-corrected chi connectivity index (χ4v) is 3.96. The molecule has 1 aliphatic carbocycles. The minimum atomic E-state index is -0.844. The first-order valence-corrected chi connectivity index (χ1v) is 7.03. The van der Waals surface area contributed by atoms with E-state index < -0.39 is 5.97 Å². The number of aliphatic carboxylic acids is 1. The Balaban J connectivity index is 2.03. The van der Waals surface area contributed by atoms with Crippen molar-refractivity contribution in [1.82, 2.24) is 9.97 Å². The Kier molecular flexibility index (Phi) is 2.95. The molecular formula is C12H11ClN2O2S. The van der Waals surface area contributed by atoms with Gasteiger partial charge in [-0.3, -0.25) is 4.79 Å². The first-order chi connectivity index (χ1) is 8.65. The van der Waals surface area contributed by atoms with Crippen molar-refractivity contribution in [2.24, 2.45) is 0 Å². The van der Waals surface area contributed by atoms with Crippen LogP contribution in [-0.4, -0.2) is 21.0 Å². The van der Waals surface area contributed by atoms with E-state index in [2.05, 4.69) is 9.97 Å². The predicted molar refractivity (Wildman–Crippen MR) is 70.4 cm³/mol. The van der Waals surface area contributed by atoms with Crippen LogP contribution >= 0.6 is 22.9 Å². The van der Waals surface area contributed by atoms with Gasteiger partial charge in [-0.05, 0) is 24.8 Å². The molecule has 2 aromatic heterocycles. The molecule has 2 heterocycles. The van der Waals surface area contributed by atoms with Crippen LogP contribution in [0.25, 0.3) is 10.2 Å². The number of hydrogen-bond donors (Lipinski definition) is 1.